The van der Waals surface area contributed by atoms with E-state index in [0.29, 0.717) is 5.56 Å². The van der Waals surface area contributed by atoms with E-state index in [4.69, 9.17) is 4.74 Å². The van der Waals surface area contributed by atoms with E-state index in [9.17, 15) is 12.8 Å². The molecule has 27 heavy (non-hydrogen) atoms. The van der Waals surface area contributed by atoms with Crippen LogP contribution in [0.4, 0.5) is 4.39 Å². The van der Waals surface area contributed by atoms with Crippen molar-refractivity contribution in [1.82, 2.24) is 4.72 Å². The van der Waals surface area contributed by atoms with Gasteiger partial charge in [-0.3, -0.25) is 0 Å². The first-order valence-corrected chi connectivity index (χ1v) is 10.1. The molecule has 0 spiro atoms. The van der Waals surface area contributed by atoms with Crippen molar-refractivity contribution in [3.05, 3.63) is 102 Å². The first-order chi connectivity index (χ1) is 13.0. The highest BCUT2D eigenvalue weighted by Crippen LogP contribution is 2.20. The van der Waals surface area contributed by atoms with Crippen LogP contribution in [0, 0.1) is 5.82 Å². The Hall–Kier alpha value is -2.70. The molecule has 0 aliphatic heterocycles. The van der Waals surface area contributed by atoms with Crippen molar-refractivity contribution >= 4 is 10.0 Å². The van der Waals surface area contributed by atoms with Crippen molar-refractivity contribution in [1.29, 1.82) is 0 Å². The van der Waals surface area contributed by atoms with Gasteiger partial charge in [-0.15, -0.1) is 0 Å². The van der Waals surface area contributed by atoms with E-state index in [1.807, 2.05) is 24.3 Å². The Kier molecular flexibility index (Phi) is 6.21. The molecule has 4 nitrogen and oxygen atoms in total. The Balaban J connectivity index is 1.77. The average molecular weight is 385 g/mol. The third kappa shape index (κ3) is 5.64. The summed E-state index contributed by atoms with van der Waals surface area (Å²) in [5, 5.41) is 0. The highest BCUT2D eigenvalue weighted by Gasteiger charge is 2.21. The average Bonchev–Trinajstić information content (AvgIpc) is 2.67. The molecule has 6 heteroatoms. The lowest BCUT2D eigenvalue weighted by Crippen LogP contribution is -2.33. The number of hydrogen-bond donors (Lipinski definition) is 1. The van der Waals surface area contributed by atoms with Crippen LogP contribution in [0.3, 0.4) is 0 Å². The highest BCUT2D eigenvalue weighted by molar-refractivity contribution is 7.88. The zero-order valence-corrected chi connectivity index (χ0v) is 15.4. The minimum absolute atomic E-state index is 0.0288. The van der Waals surface area contributed by atoms with Crippen molar-refractivity contribution in [3.63, 3.8) is 0 Å². The number of sulfonamides is 1. The maximum atomic E-state index is 13.8. The summed E-state index contributed by atoms with van der Waals surface area (Å²) in [5.41, 5.74) is 1.43. The number of rotatable bonds is 8. The summed E-state index contributed by atoms with van der Waals surface area (Å²) in [4.78, 5) is 0. The maximum absolute atomic E-state index is 13.8. The lowest BCUT2D eigenvalue weighted by molar-refractivity contribution is 0.269. The van der Waals surface area contributed by atoms with Gasteiger partial charge in [0.2, 0.25) is 10.0 Å². The highest BCUT2D eigenvalue weighted by atomic mass is 32.2. The number of ether oxygens (including phenoxy) is 1. The summed E-state index contributed by atoms with van der Waals surface area (Å²) in [6.45, 7) is -0.0288. The second-order valence-corrected chi connectivity index (χ2v) is 7.82. The lowest BCUT2D eigenvalue weighted by Gasteiger charge is -2.20. The fourth-order valence-electron chi connectivity index (χ4n) is 2.67. The van der Waals surface area contributed by atoms with Crippen molar-refractivity contribution in [2.75, 3.05) is 6.61 Å². The molecule has 3 aromatic rings. The normalized spacial score (nSPS) is 12.5. The molecule has 1 atom stereocenters. The minimum Gasteiger partial charge on any atom is -0.488 e. The van der Waals surface area contributed by atoms with Crippen LogP contribution in [0.2, 0.25) is 0 Å². The number of hydrogen-bond acceptors (Lipinski definition) is 3. The van der Waals surface area contributed by atoms with Gasteiger partial charge < -0.3 is 4.74 Å². The molecule has 1 N–H and O–H groups in total. The van der Waals surface area contributed by atoms with Gasteiger partial charge in [0.15, 0.2) is 11.6 Å². The first-order valence-electron chi connectivity index (χ1n) is 8.50. The molecule has 0 aromatic heterocycles. The molecule has 0 saturated heterocycles. The van der Waals surface area contributed by atoms with Crippen molar-refractivity contribution < 1.29 is 17.5 Å². The summed E-state index contributed by atoms with van der Waals surface area (Å²) in [5.74, 6) is -0.547. The third-order valence-corrected chi connectivity index (χ3v) is 5.32. The molecule has 0 bridgehead atoms. The predicted octanol–water partition coefficient (Wildman–Crippen LogP) is 4.07. The Labute approximate surface area is 158 Å². The number of benzene rings is 3. The van der Waals surface area contributed by atoms with Crippen molar-refractivity contribution in [3.8, 4) is 5.75 Å². The van der Waals surface area contributed by atoms with E-state index in [1.165, 1.54) is 12.1 Å². The van der Waals surface area contributed by atoms with Gasteiger partial charge in [0.05, 0.1) is 11.8 Å². The van der Waals surface area contributed by atoms with E-state index in [0.717, 1.165) is 5.56 Å². The molecule has 1 unspecified atom stereocenters. The molecule has 140 valence electrons. The molecular formula is C21H20FNO3S. The van der Waals surface area contributed by atoms with Gasteiger partial charge in [0.25, 0.3) is 0 Å². The van der Waals surface area contributed by atoms with Crippen LogP contribution in [0.25, 0.3) is 0 Å². The van der Waals surface area contributed by atoms with E-state index in [2.05, 4.69) is 4.72 Å². The summed E-state index contributed by atoms with van der Waals surface area (Å²) < 4.78 is 47.3. The summed E-state index contributed by atoms with van der Waals surface area (Å²) in [6, 6.07) is 23.4. The Morgan fingerprint density at radius 3 is 2.11 bits per heavy atom. The second-order valence-electron chi connectivity index (χ2n) is 6.07. The van der Waals surface area contributed by atoms with Gasteiger partial charge in [0, 0.05) is 0 Å². The fraction of sp³-hybridized carbons (Fsp3) is 0.143. The van der Waals surface area contributed by atoms with Gasteiger partial charge >= 0.3 is 0 Å². The topological polar surface area (TPSA) is 55.4 Å². The molecule has 0 fully saturated rings. The Bertz CT molecular complexity index is 963. The van der Waals surface area contributed by atoms with Gasteiger partial charge in [-0.1, -0.05) is 72.8 Å². The van der Waals surface area contributed by atoms with Crippen LogP contribution in [0.5, 0.6) is 5.75 Å². The minimum atomic E-state index is -3.62. The van der Waals surface area contributed by atoms with E-state index in [1.54, 1.807) is 48.5 Å². The number of halogens is 1. The van der Waals surface area contributed by atoms with Crippen LogP contribution in [0.15, 0.2) is 84.9 Å². The molecule has 0 heterocycles. The molecule has 0 amide bonds. The number of para-hydroxylation sites is 1. The molecule has 0 aliphatic rings. The SMILES string of the molecule is O=S(=O)(Cc1ccccc1)NC(COc1ccccc1F)c1ccccc1. The second kappa shape index (κ2) is 8.79. The van der Waals surface area contributed by atoms with Crippen molar-refractivity contribution in [2.24, 2.45) is 0 Å². The smallest absolute Gasteiger partial charge is 0.216 e. The Morgan fingerprint density at radius 1 is 0.852 bits per heavy atom. The molecule has 3 rings (SSSR count). The fourth-order valence-corrected chi connectivity index (χ4v) is 4.02. The predicted molar refractivity (Wildman–Crippen MR) is 103 cm³/mol. The van der Waals surface area contributed by atoms with Crippen LogP contribution in [0.1, 0.15) is 17.2 Å². The maximum Gasteiger partial charge on any atom is 0.216 e. The van der Waals surface area contributed by atoms with Crippen LogP contribution in [-0.4, -0.2) is 15.0 Å². The standard InChI is InChI=1S/C21H20FNO3S/c22-19-13-7-8-14-21(19)26-15-20(18-11-5-2-6-12-18)23-27(24,25)16-17-9-3-1-4-10-17/h1-14,20,23H,15-16H2. The monoisotopic (exact) mass is 385 g/mol. The largest absolute Gasteiger partial charge is 0.488 e. The molecule has 0 saturated carbocycles. The quantitative estimate of drug-likeness (QED) is 0.636. The van der Waals surface area contributed by atoms with E-state index >= 15 is 0 Å². The number of nitrogens with one attached hydrogen (secondary N) is 1. The summed E-state index contributed by atoms with van der Waals surface area (Å²) >= 11 is 0. The van der Waals surface area contributed by atoms with Crippen LogP contribution in [-0.2, 0) is 15.8 Å². The molecule has 0 aliphatic carbocycles. The van der Waals surface area contributed by atoms with E-state index in [-0.39, 0.29) is 18.1 Å². The molecular weight excluding hydrogens is 365 g/mol. The summed E-state index contributed by atoms with van der Waals surface area (Å²) in [6.07, 6.45) is 0. The zero-order chi connectivity index (χ0) is 19.1. The van der Waals surface area contributed by atoms with Gasteiger partial charge in [-0.25, -0.2) is 17.5 Å². The van der Waals surface area contributed by atoms with Gasteiger partial charge in [-0.05, 0) is 23.3 Å². The summed E-state index contributed by atoms with van der Waals surface area (Å²) in [7, 11) is -3.62. The zero-order valence-electron chi connectivity index (χ0n) is 14.6. The van der Waals surface area contributed by atoms with Crippen LogP contribution < -0.4 is 9.46 Å². The van der Waals surface area contributed by atoms with E-state index < -0.39 is 21.9 Å². The third-order valence-electron chi connectivity index (χ3n) is 3.97. The lowest BCUT2D eigenvalue weighted by atomic mass is 10.1. The first kappa shape index (κ1) is 19.1. The van der Waals surface area contributed by atoms with Crippen molar-refractivity contribution in [2.45, 2.75) is 11.8 Å². The molecule has 0 radical (unpaired) electrons. The van der Waals surface area contributed by atoms with Gasteiger partial charge in [-0.2, -0.15) is 0 Å². The van der Waals surface area contributed by atoms with Crippen LogP contribution >= 0.6 is 0 Å². The Morgan fingerprint density at radius 2 is 1.44 bits per heavy atom. The van der Waals surface area contributed by atoms with Gasteiger partial charge in [0.1, 0.15) is 6.61 Å². The molecule has 3 aromatic carbocycles.